The summed E-state index contributed by atoms with van der Waals surface area (Å²) in [6.45, 7) is 2.06. The van der Waals surface area contributed by atoms with Crippen LogP contribution in [0.3, 0.4) is 0 Å². The monoisotopic (exact) mass is 251 g/mol. The summed E-state index contributed by atoms with van der Waals surface area (Å²) in [6.07, 6.45) is 1.40. The maximum Gasteiger partial charge on any atom is 0.339 e. The van der Waals surface area contributed by atoms with Crippen LogP contribution < -0.4 is 5.73 Å². The number of esters is 1. The predicted octanol–water partition coefficient (Wildman–Crippen LogP) is 2.04. The minimum atomic E-state index is -0.421. The van der Waals surface area contributed by atoms with Crippen LogP contribution in [0, 0.1) is 0 Å². The molecule has 0 fully saturated rings. The summed E-state index contributed by atoms with van der Waals surface area (Å²) >= 11 is 5.85. The second kappa shape index (κ2) is 4.55. The lowest BCUT2D eigenvalue weighted by Crippen LogP contribution is -2.05. The number of nitrogens with zero attached hydrogens (tertiary/aromatic N) is 2. The molecule has 0 aromatic carbocycles. The van der Waals surface area contributed by atoms with Gasteiger partial charge in [0.15, 0.2) is 5.65 Å². The number of hydrogen-bond donors (Lipinski definition) is 1. The smallest absolute Gasteiger partial charge is 0.339 e. The highest BCUT2D eigenvalue weighted by Gasteiger charge is 2.09. The maximum absolute atomic E-state index is 11.5. The quantitative estimate of drug-likeness (QED) is 0.827. The number of hydrogen-bond acceptors (Lipinski definition) is 5. The van der Waals surface area contributed by atoms with Gasteiger partial charge in [-0.05, 0) is 19.1 Å². The first kappa shape index (κ1) is 11.6. The van der Waals surface area contributed by atoms with Crippen LogP contribution in [-0.2, 0) is 4.74 Å². The van der Waals surface area contributed by atoms with E-state index in [1.807, 2.05) is 0 Å². The number of nitrogen functional groups attached to an aromatic ring is 1. The largest absolute Gasteiger partial charge is 0.462 e. The Morgan fingerprint density at radius 3 is 3.00 bits per heavy atom. The number of halogens is 1. The fourth-order valence-electron chi connectivity index (χ4n) is 1.38. The van der Waals surface area contributed by atoms with E-state index < -0.39 is 5.97 Å². The molecule has 2 rings (SSSR count). The summed E-state index contributed by atoms with van der Waals surface area (Å²) in [6, 6.07) is 3.24. The van der Waals surface area contributed by atoms with Crippen LogP contribution in [0.15, 0.2) is 18.3 Å². The molecule has 0 aliphatic carbocycles. The second-order valence-corrected chi connectivity index (χ2v) is 3.75. The lowest BCUT2D eigenvalue weighted by atomic mass is 10.2. The molecule has 6 heteroatoms. The molecule has 0 bridgehead atoms. The Hall–Kier alpha value is -1.88. The molecule has 0 atom stereocenters. The zero-order valence-corrected chi connectivity index (χ0v) is 9.86. The van der Waals surface area contributed by atoms with Crippen LogP contribution in [0.4, 0.5) is 5.82 Å². The first-order valence-corrected chi connectivity index (χ1v) is 5.38. The molecule has 5 nitrogen and oxygen atoms in total. The fraction of sp³-hybridized carbons (Fsp3) is 0.182. The summed E-state index contributed by atoms with van der Waals surface area (Å²) in [7, 11) is 0. The number of ether oxygens (including phenoxy) is 1. The SMILES string of the molecule is CCOC(=O)c1cnc2nc(N)c(Cl)cc2c1. The van der Waals surface area contributed by atoms with Gasteiger partial charge in [-0.15, -0.1) is 0 Å². The summed E-state index contributed by atoms with van der Waals surface area (Å²) < 4.78 is 4.87. The third kappa shape index (κ3) is 2.29. The van der Waals surface area contributed by atoms with E-state index in [4.69, 9.17) is 22.1 Å². The Morgan fingerprint density at radius 2 is 2.29 bits per heavy atom. The molecule has 0 saturated heterocycles. The van der Waals surface area contributed by atoms with Crippen LogP contribution in [0.25, 0.3) is 11.0 Å². The van der Waals surface area contributed by atoms with Crippen molar-refractivity contribution in [3.8, 4) is 0 Å². The summed E-state index contributed by atoms with van der Waals surface area (Å²) in [5.41, 5.74) is 6.36. The van der Waals surface area contributed by atoms with Gasteiger partial charge in [-0.25, -0.2) is 14.8 Å². The number of aromatic nitrogens is 2. The Labute approximate surface area is 103 Å². The van der Waals surface area contributed by atoms with Crippen LogP contribution in [-0.4, -0.2) is 22.5 Å². The molecule has 0 amide bonds. The molecule has 0 saturated carbocycles. The number of fused-ring (bicyclic) bond motifs is 1. The Balaban J connectivity index is 2.50. The molecule has 2 heterocycles. The van der Waals surface area contributed by atoms with E-state index >= 15 is 0 Å². The zero-order valence-electron chi connectivity index (χ0n) is 9.11. The van der Waals surface area contributed by atoms with Crippen LogP contribution in [0.1, 0.15) is 17.3 Å². The number of carbonyl (C=O) groups excluding carboxylic acids is 1. The van der Waals surface area contributed by atoms with E-state index in [-0.39, 0.29) is 5.82 Å². The van der Waals surface area contributed by atoms with Crippen molar-refractivity contribution < 1.29 is 9.53 Å². The standard InChI is InChI=1S/C11H10ClN3O2/c1-2-17-11(16)7-3-6-4-8(12)9(13)15-10(6)14-5-7/h3-5H,2H2,1H3,(H2,13,14,15). The van der Waals surface area contributed by atoms with Gasteiger partial charge in [0.25, 0.3) is 0 Å². The number of rotatable bonds is 2. The molecule has 2 aromatic heterocycles. The van der Waals surface area contributed by atoms with Gasteiger partial charge < -0.3 is 10.5 Å². The van der Waals surface area contributed by atoms with Gasteiger partial charge in [-0.2, -0.15) is 0 Å². The molecule has 0 spiro atoms. The zero-order chi connectivity index (χ0) is 12.4. The van der Waals surface area contributed by atoms with Crippen LogP contribution in [0.5, 0.6) is 0 Å². The maximum atomic E-state index is 11.5. The fourth-order valence-corrected chi connectivity index (χ4v) is 1.54. The number of pyridine rings is 2. The van der Waals surface area contributed by atoms with Crippen molar-refractivity contribution in [3.63, 3.8) is 0 Å². The third-order valence-electron chi connectivity index (χ3n) is 2.16. The highest BCUT2D eigenvalue weighted by molar-refractivity contribution is 6.33. The lowest BCUT2D eigenvalue weighted by Gasteiger charge is -2.04. The molecule has 2 aromatic rings. The summed E-state index contributed by atoms with van der Waals surface area (Å²) in [4.78, 5) is 19.5. The van der Waals surface area contributed by atoms with Crippen molar-refractivity contribution in [2.45, 2.75) is 6.92 Å². The minimum absolute atomic E-state index is 0.218. The third-order valence-corrected chi connectivity index (χ3v) is 2.46. The van der Waals surface area contributed by atoms with Crippen LogP contribution in [0.2, 0.25) is 5.02 Å². The highest BCUT2D eigenvalue weighted by atomic mass is 35.5. The molecule has 2 N–H and O–H groups in total. The van der Waals surface area contributed by atoms with E-state index in [2.05, 4.69) is 9.97 Å². The normalized spacial score (nSPS) is 10.5. The molecular weight excluding hydrogens is 242 g/mol. The molecule has 88 valence electrons. The first-order chi connectivity index (χ1) is 8.11. The van der Waals surface area contributed by atoms with Gasteiger partial charge in [0.05, 0.1) is 17.2 Å². The Morgan fingerprint density at radius 1 is 1.53 bits per heavy atom. The average molecular weight is 252 g/mol. The Kier molecular flexibility index (Phi) is 3.10. The lowest BCUT2D eigenvalue weighted by molar-refractivity contribution is 0.0526. The second-order valence-electron chi connectivity index (χ2n) is 3.35. The van der Waals surface area contributed by atoms with E-state index in [0.717, 1.165) is 0 Å². The van der Waals surface area contributed by atoms with Gasteiger partial charge in [0.1, 0.15) is 5.82 Å². The minimum Gasteiger partial charge on any atom is -0.462 e. The predicted molar refractivity (Wildman–Crippen MR) is 64.9 cm³/mol. The number of anilines is 1. The van der Waals surface area contributed by atoms with Gasteiger partial charge in [0, 0.05) is 11.6 Å². The Bertz CT molecular complexity index is 586. The van der Waals surface area contributed by atoms with E-state index in [1.165, 1.54) is 6.20 Å². The number of carbonyl (C=O) groups is 1. The molecule has 0 aliphatic heterocycles. The van der Waals surface area contributed by atoms with E-state index in [1.54, 1.807) is 19.1 Å². The first-order valence-electron chi connectivity index (χ1n) is 5.00. The van der Waals surface area contributed by atoms with E-state index in [0.29, 0.717) is 28.2 Å². The molecular formula is C11H10ClN3O2. The summed E-state index contributed by atoms with van der Waals surface area (Å²) in [5, 5.41) is 0.982. The van der Waals surface area contributed by atoms with Gasteiger partial charge in [-0.3, -0.25) is 0 Å². The average Bonchev–Trinajstić information content (AvgIpc) is 2.30. The van der Waals surface area contributed by atoms with Gasteiger partial charge in [0.2, 0.25) is 0 Å². The van der Waals surface area contributed by atoms with Gasteiger partial charge >= 0.3 is 5.97 Å². The van der Waals surface area contributed by atoms with E-state index in [9.17, 15) is 4.79 Å². The molecule has 17 heavy (non-hydrogen) atoms. The van der Waals surface area contributed by atoms with Crippen molar-refractivity contribution in [1.29, 1.82) is 0 Å². The summed E-state index contributed by atoms with van der Waals surface area (Å²) in [5.74, 6) is -0.203. The van der Waals surface area contributed by atoms with Crippen molar-refractivity contribution >= 4 is 34.4 Å². The van der Waals surface area contributed by atoms with Crippen LogP contribution >= 0.6 is 11.6 Å². The topological polar surface area (TPSA) is 78.1 Å². The van der Waals surface area contributed by atoms with Gasteiger partial charge in [-0.1, -0.05) is 11.6 Å². The molecule has 0 aliphatic rings. The van der Waals surface area contributed by atoms with Crippen molar-refractivity contribution in [2.24, 2.45) is 0 Å². The van der Waals surface area contributed by atoms with Crippen molar-refractivity contribution in [3.05, 3.63) is 28.9 Å². The van der Waals surface area contributed by atoms with Crippen molar-refractivity contribution in [1.82, 2.24) is 9.97 Å². The van der Waals surface area contributed by atoms with Crippen molar-refractivity contribution in [2.75, 3.05) is 12.3 Å². The molecule has 0 unspecified atom stereocenters. The highest BCUT2D eigenvalue weighted by Crippen LogP contribution is 2.22. The number of nitrogens with two attached hydrogens (primary N) is 1. The molecule has 0 radical (unpaired) electrons.